The molecule has 0 radical (unpaired) electrons. The predicted molar refractivity (Wildman–Crippen MR) is 66.5 cm³/mol. The fourth-order valence-corrected chi connectivity index (χ4v) is 2.75. The van der Waals surface area contributed by atoms with Gasteiger partial charge in [-0.3, -0.25) is 0 Å². The average Bonchev–Trinajstić information content (AvgIpc) is 2.19. The van der Waals surface area contributed by atoms with Crippen LogP contribution in [0.25, 0.3) is 0 Å². The minimum Gasteiger partial charge on any atom is -0.389 e. The van der Waals surface area contributed by atoms with Crippen molar-refractivity contribution in [1.29, 1.82) is 0 Å². The van der Waals surface area contributed by atoms with Gasteiger partial charge in [-0.15, -0.1) is 0 Å². The SMILES string of the molecule is CC1CC(O)(Cc2cccnc2N)CC(C)O1. The summed E-state index contributed by atoms with van der Waals surface area (Å²) < 4.78 is 5.64. The van der Waals surface area contributed by atoms with E-state index in [9.17, 15) is 5.11 Å². The van der Waals surface area contributed by atoms with Crippen molar-refractivity contribution in [3.8, 4) is 0 Å². The second-order valence-electron chi connectivity index (χ2n) is 5.11. The molecule has 1 aromatic heterocycles. The van der Waals surface area contributed by atoms with Gasteiger partial charge < -0.3 is 15.6 Å². The number of nitrogens with two attached hydrogens (primary N) is 1. The Morgan fingerprint density at radius 1 is 1.47 bits per heavy atom. The van der Waals surface area contributed by atoms with E-state index in [1.54, 1.807) is 6.20 Å². The molecule has 2 heterocycles. The molecule has 4 nitrogen and oxygen atoms in total. The van der Waals surface area contributed by atoms with Gasteiger partial charge in [0.05, 0.1) is 17.8 Å². The maximum absolute atomic E-state index is 10.6. The Bertz CT molecular complexity index is 385. The number of aliphatic hydroxyl groups is 1. The summed E-state index contributed by atoms with van der Waals surface area (Å²) in [4.78, 5) is 4.05. The lowest BCUT2D eigenvalue weighted by Gasteiger charge is -2.39. The summed E-state index contributed by atoms with van der Waals surface area (Å²) in [6.07, 6.45) is 3.67. The third-order valence-electron chi connectivity index (χ3n) is 3.25. The van der Waals surface area contributed by atoms with E-state index in [1.165, 1.54) is 0 Å². The first-order valence-electron chi connectivity index (χ1n) is 6.06. The summed E-state index contributed by atoms with van der Waals surface area (Å²) in [7, 11) is 0. The van der Waals surface area contributed by atoms with Crippen LogP contribution in [0.15, 0.2) is 18.3 Å². The topological polar surface area (TPSA) is 68.4 Å². The van der Waals surface area contributed by atoms with Gasteiger partial charge in [-0.1, -0.05) is 6.07 Å². The van der Waals surface area contributed by atoms with Crippen molar-refractivity contribution in [2.75, 3.05) is 5.73 Å². The predicted octanol–water partition coefficient (Wildman–Crippen LogP) is 1.52. The van der Waals surface area contributed by atoms with Gasteiger partial charge in [0.15, 0.2) is 0 Å². The van der Waals surface area contributed by atoms with Crippen LogP contribution in [0, 0.1) is 0 Å². The summed E-state index contributed by atoms with van der Waals surface area (Å²) in [5.74, 6) is 0.507. The van der Waals surface area contributed by atoms with Crippen LogP contribution in [0.5, 0.6) is 0 Å². The molecule has 1 aliphatic rings. The molecule has 17 heavy (non-hydrogen) atoms. The van der Waals surface area contributed by atoms with Crippen LogP contribution in [0.1, 0.15) is 32.3 Å². The van der Waals surface area contributed by atoms with Crippen LogP contribution in [0.4, 0.5) is 5.82 Å². The fraction of sp³-hybridized carbons (Fsp3) is 0.615. The first-order valence-corrected chi connectivity index (χ1v) is 6.06. The highest BCUT2D eigenvalue weighted by molar-refractivity contribution is 5.39. The van der Waals surface area contributed by atoms with Gasteiger partial charge in [0.1, 0.15) is 5.82 Å². The minimum absolute atomic E-state index is 0.0849. The first kappa shape index (κ1) is 12.3. The molecule has 2 atom stereocenters. The van der Waals surface area contributed by atoms with Crippen LogP contribution in [-0.4, -0.2) is 27.9 Å². The lowest BCUT2D eigenvalue weighted by atomic mass is 9.82. The number of hydrogen-bond acceptors (Lipinski definition) is 4. The zero-order valence-corrected chi connectivity index (χ0v) is 10.4. The molecular formula is C13H20N2O2. The lowest BCUT2D eigenvalue weighted by molar-refractivity contribution is -0.130. The zero-order chi connectivity index (χ0) is 12.5. The van der Waals surface area contributed by atoms with Crippen molar-refractivity contribution in [3.05, 3.63) is 23.9 Å². The van der Waals surface area contributed by atoms with Crippen LogP contribution in [0.3, 0.4) is 0 Å². The summed E-state index contributed by atoms with van der Waals surface area (Å²) in [5, 5.41) is 10.6. The highest BCUT2D eigenvalue weighted by Gasteiger charge is 2.37. The van der Waals surface area contributed by atoms with Crippen molar-refractivity contribution < 1.29 is 9.84 Å². The van der Waals surface area contributed by atoms with Gasteiger partial charge in [0.25, 0.3) is 0 Å². The third-order valence-corrected chi connectivity index (χ3v) is 3.25. The number of nitrogens with zero attached hydrogens (tertiary/aromatic N) is 1. The van der Waals surface area contributed by atoms with E-state index in [4.69, 9.17) is 10.5 Å². The molecule has 1 aromatic rings. The molecule has 3 N–H and O–H groups in total. The lowest BCUT2D eigenvalue weighted by Crippen LogP contribution is -2.45. The highest BCUT2D eigenvalue weighted by atomic mass is 16.5. The Labute approximate surface area is 102 Å². The molecule has 0 aromatic carbocycles. The Morgan fingerprint density at radius 2 is 2.12 bits per heavy atom. The quantitative estimate of drug-likeness (QED) is 0.817. The maximum Gasteiger partial charge on any atom is 0.126 e. The van der Waals surface area contributed by atoms with Crippen LogP contribution >= 0.6 is 0 Å². The molecule has 0 aliphatic carbocycles. The normalized spacial score (nSPS) is 33.6. The van der Waals surface area contributed by atoms with Crippen molar-refractivity contribution in [2.24, 2.45) is 0 Å². The van der Waals surface area contributed by atoms with E-state index in [0.717, 1.165) is 5.56 Å². The molecule has 1 saturated heterocycles. The molecule has 4 heteroatoms. The number of pyridine rings is 1. The molecule has 1 aliphatic heterocycles. The van der Waals surface area contributed by atoms with E-state index in [-0.39, 0.29) is 12.2 Å². The Morgan fingerprint density at radius 3 is 2.71 bits per heavy atom. The van der Waals surface area contributed by atoms with Gasteiger partial charge >= 0.3 is 0 Å². The number of ether oxygens (including phenoxy) is 1. The van der Waals surface area contributed by atoms with Crippen molar-refractivity contribution in [1.82, 2.24) is 4.98 Å². The molecule has 0 spiro atoms. The molecule has 0 bridgehead atoms. The van der Waals surface area contributed by atoms with Crippen molar-refractivity contribution >= 4 is 5.82 Å². The molecular weight excluding hydrogens is 216 g/mol. The Balaban J connectivity index is 2.14. The summed E-state index contributed by atoms with van der Waals surface area (Å²) in [5.41, 5.74) is 6.00. The largest absolute Gasteiger partial charge is 0.389 e. The van der Waals surface area contributed by atoms with Gasteiger partial charge in [-0.2, -0.15) is 0 Å². The van der Waals surface area contributed by atoms with E-state index in [1.807, 2.05) is 26.0 Å². The third kappa shape index (κ3) is 2.96. The molecule has 0 saturated carbocycles. The second kappa shape index (κ2) is 4.63. The van der Waals surface area contributed by atoms with Gasteiger partial charge in [0, 0.05) is 25.5 Å². The molecule has 2 unspecified atom stereocenters. The molecule has 1 fully saturated rings. The van der Waals surface area contributed by atoms with E-state index >= 15 is 0 Å². The molecule has 94 valence electrons. The van der Waals surface area contributed by atoms with Crippen LogP contribution in [-0.2, 0) is 11.2 Å². The van der Waals surface area contributed by atoms with Crippen LogP contribution in [0.2, 0.25) is 0 Å². The van der Waals surface area contributed by atoms with Crippen molar-refractivity contribution in [3.63, 3.8) is 0 Å². The van der Waals surface area contributed by atoms with E-state index < -0.39 is 5.60 Å². The number of anilines is 1. The number of aromatic nitrogens is 1. The number of hydrogen-bond donors (Lipinski definition) is 2. The second-order valence-corrected chi connectivity index (χ2v) is 5.11. The Kier molecular flexibility index (Phi) is 3.35. The summed E-state index contributed by atoms with van der Waals surface area (Å²) >= 11 is 0. The number of rotatable bonds is 2. The van der Waals surface area contributed by atoms with Gasteiger partial charge in [-0.05, 0) is 25.5 Å². The van der Waals surface area contributed by atoms with Crippen molar-refractivity contribution in [2.45, 2.75) is 50.9 Å². The molecule has 2 rings (SSSR count). The standard InChI is InChI=1S/C13H20N2O2/c1-9-6-13(16,7-10(2)17-9)8-11-4-3-5-15-12(11)14/h3-5,9-10,16H,6-8H2,1-2H3,(H2,14,15). The number of nitrogen functional groups attached to an aromatic ring is 1. The summed E-state index contributed by atoms with van der Waals surface area (Å²) in [6.45, 7) is 3.99. The highest BCUT2D eigenvalue weighted by Crippen LogP contribution is 2.32. The maximum atomic E-state index is 10.6. The fourth-order valence-electron chi connectivity index (χ4n) is 2.75. The zero-order valence-electron chi connectivity index (χ0n) is 10.4. The van der Waals surface area contributed by atoms with Gasteiger partial charge in [0.2, 0.25) is 0 Å². The smallest absolute Gasteiger partial charge is 0.126 e. The van der Waals surface area contributed by atoms with E-state index in [0.29, 0.717) is 25.1 Å². The Hall–Kier alpha value is -1.13. The minimum atomic E-state index is -0.728. The van der Waals surface area contributed by atoms with Crippen LogP contribution < -0.4 is 5.73 Å². The monoisotopic (exact) mass is 236 g/mol. The average molecular weight is 236 g/mol. The summed E-state index contributed by atoms with van der Waals surface area (Å²) in [6, 6.07) is 3.77. The molecule has 0 amide bonds. The van der Waals surface area contributed by atoms with E-state index in [2.05, 4.69) is 4.98 Å². The van der Waals surface area contributed by atoms with Gasteiger partial charge in [-0.25, -0.2) is 4.98 Å². The first-order chi connectivity index (χ1) is 7.98.